The van der Waals surface area contributed by atoms with Crippen LogP contribution in [0.2, 0.25) is 0 Å². The molecule has 4 unspecified atom stereocenters. The van der Waals surface area contributed by atoms with Crippen molar-refractivity contribution in [1.82, 2.24) is 0 Å². The average molecular weight is 305 g/mol. The molecule has 22 heavy (non-hydrogen) atoms. The van der Waals surface area contributed by atoms with Gasteiger partial charge in [0.1, 0.15) is 6.29 Å². The molecule has 4 fully saturated rings. The highest BCUT2D eigenvalue weighted by atomic mass is 16.1. The van der Waals surface area contributed by atoms with E-state index in [1.807, 2.05) is 0 Å². The molecular weight excluding hydrogens is 268 g/mol. The second-order valence-electron chi connectivity index (χ2n) is 9.22. The van der Waals surface area contributed by atoms with Crippen LogP contribution in [-0.2, 0) is 4.79 Å². The van der Waals surface area contributed by atoms with E-state index in [0.29, 0.717) is 11.3 Å². The molecule has 126 valence electrons. The zero-order valence-electron chi connectivity index (χ0n) is 13.9. The Bertz CT molecular complexity index is 416. The van der Waals surface area contributed by atoms with Gasteiger partial charge < -0.3 is 4.79 Å². The first-order valence-corrected chi connectivity index (χ1v) is 9.58. The highest BCUT2D eigenvalue weighted by Gasteiger charge is 2.56. The number of hydrogen-bond acceptors (Lipinski definition) is 1. The number of aldehydes is 1. The molecule has 4 aliphatic rings. The predicted octanol–water partition coefficient (Wildman–Crippen LogP) is 5.73. The lowest BCUT2D eigenvalue weighted by Crippen LogP contribution is -2.48. The lowest BCUT2D eigenvalue weighted by molar-refractivity contribution is -0.118. The van der Waals surface area contributed by atoms with Crippen LogP contribution in [0.25, 0.3) is 0 Å². The summed E-state index contributed by atoms with van der Waals surface area (Å²) in [5.74, 6) is 6.27. The molecular formula is C21H36O. The number of hydrogen-bond donors (Lipinski definition) is 0. The van der Waals surface area contributed by atoms with E-state index in [1.165, 1.54) is 64.1 Å². The predicted molar refractivity (Wildman–Crippen MR) is 92.6 cm³/mol. The maximum absolute atomic E-state index is 11.5. The number of carbonyl (C=O) groups excluding carboxylic acids is 1. The third kappa shape index (κ3) is 2.29. The molecule has 0 aromatic heterocycles. The van der Waals surface area contributed by atoms with Crippen LogP contribution in [0, 0.1) is 46.8 Å². The molecule has 0 aromatic carbocycles. The van der Waals surface area contributed by atoms with Gasteiger partial charge in [-0.15, -0.1) is 0 Å². The minimum atomic E-state index is 0. The Morgan fingerprint density at radius 2 is 1.68 bits per heavy atom. The van der Waals surface area contributed by atoms with Gasteiger partial charge in [-0.2, -0.15) is 0 Å². The van der Waals surface area contributed by atoms with Gasteiger partial charge in [-0.25, -0.2) is 0 Å². The molecule has 0 N–H and O–H groups in total. The molecule has 0 bridgehead atoms. The van der Waals surface area contributed by atoms with E-state index in [-0.39, 0.29) is 7.43 Å². The van der Waals surface area contributed by atoms with Gasteiger partial charge in [0.05, 0.1) is 0 Å². The summed E-state index contributed by atoms with van der Waals surface area (Å²) >= 11 is 0. The van der Waals surface area contributed by atoms with Crippen LogP contribution in [0.15, 0.2) is 0 Å². The topological polar surface area (TPSA) is 17.1 Å². The van der Waals surface area contributed by atoms with Crippen molar-refractivity contribution in [2.24, 2.45) is 46.8 Å². The Labute approximate surface area is 137 Å². The summed E-state index contributed by atoms with van der Waals surface area (Å²) in [7, 11) is 0. The summed E-state index contributed by atoms with van der Waals surface area (Å²) in [5.41, 5.74) is 0.359. The molecule has 0 aromatic rings. The summed E-state index contributed by atoms with van der Waals surface area (Å²) < 4.78 is 0. The highest BCUT2D eigenvalue weighted by Crippen LogP contribution is 2.63. The van der Waals surface area contributed by atoms with Gasteiger partial charge >= 0.3 is 0 Å². The Morgan fingerprint density at radius 3 is 2.45 bits per heavy atom. The molecule has 4 aliphatic carbocycles. The lowest BCUT2D eigenvalue weighted by Gasteiger charge is -2.56. The summed E-state index contributed by atoms with van der Waals surface area (Å²) in [6, 6.07) is 0. The van der Waals surface area contributed by atoms with Crippen LogP contribution >= 0.6 is 0 Å². The second kappa shape index (κ2) is 5.95. The number of carbonyl (C=O) groups is 1. The van der Waals surface area contributed by atoms with Gasteiger partial charge in [0.15, 0.2) is 0 Å². The first-order valence-electron chi connectivity index (χ1n) is 9.58. The van der Waals surface area contributed by atoms with Crippen LogP contribution in [0.4, 0.5) is 0 Å². The van der Waals surface area contributed by atoms with E-state index in [2.05, 4.69) is 13.8 Å². The SMILES string of the molecule is C.CC1CC[C@@H]2C3CC[C@]4(C)C(C=O)CCC4[C@@H]3CC[C@@H]2C1. The third-order valence-corrected chi connectivity index (χ3v) is 8.45. The summed E-state index contributed by atoms with van der Waals surface area (Å²) in [6.07, 6.45) is 14.0. The van der Waals surface area contributed by atoms with Gasteiger partial charge in [0, 0.05) is 5.92 Å². The smallest absolute Gasteiger partial charge is 0.123 e. The number of fused-ring (bicyclic) bond motifs is 5. The van der Waals surface area contributed by atoms with E-state index < -0.39 is 0 Å². The fourth-order valence-corrected chi connectivity index (χ4v) is 7.35. The van der Waals surface area contributed by atoms with Crippen molar-refractivity contribution in [1.29, 1.82) is 0 Å². The first kappa shape index (κ1) is 16.5. The maximum atomic E-state index is 11.5. The van der Waals surface area contributed by atoms with Gasteiger partial charge in [-0.1, -0.05) is 27.7 Å². The second-order valence-corrected chi connectivity index (χ2v) is 9.22. The molecule has 0 saturated heterocycles. The molecule has 0 radical (unpaired) electrons. The van der Waals surface area contributed by atoms with Gasteiger partial charge in [0.2, 0.25) is 0 Å². The van der Waals surface area contributed by atoms with Gasteiger partial charge in [-0.05, 0) is 92.3 Å². The Kier molecular flexibility index (Phi) is 4.47. The molecule has 8 atom stereocenters. The summed E-state index contributed by atoms with van der Waals surface area (Å²) in [5, 5.41) is 0. The van der Waals surface area contributed by atoms with E-state index in [9.17, 15) is 4.79 Å². The Morgan fingerprint density at radius 1 is 0.909 bits per heavy atom. The molecule has 0 spiro atoms. The van der Waals surface area contributed by atoms with Gasteiger partial charge in [0.25, 0.3) is 0 Å². The number of rotatable bonds is 1. The normalized spacial score (nSPS) is 53.6. The maximum Gasteiger partial charge on any atom is 0.123 e. The monoisotopic (exact) mass is 304 g/mol. The zero-order valence-corrected chi connectivity index (χ0v) is 13.9. The molecule has 4 saturated carbocycles. The first-order chi connectivity index (χ1) is 10.1. The van der Waals surface area contributed by atoms with Crippen molar-refractivity contribution in [2.45, 2.75) is 79.1 Å². The minimum absolute atomic E-state index is 0. The van der Waals surface area contributed by atoms with E-state index >= 15 is 0 Å². The fraction of sp³-hybridized carbons (Fsp3) is 0.952. The van der Waals surface area contributed by atoms with Crippen LogP contribution < -0.4 is 0 Å². The quantitative estimate of drug-likeness (QED) is 0.566. The highest BCUT2D eigenvalue weighted by molar-refractivity contribution is 5.56. The lowest BCUT2D eigenvalue weighted by atomic mass is 9.49. The molecule has 0 aliphatic heterocycles. The minimum Gasteiger partial charge on any atom is -0.303 e. The Hall–Kier alpha value is -0.330. The largest absolute Gasteiger partial charge is 0.303 e. The van der Waals surface area contributed by atoms with Crippen LogP contribution in [0.5, 0.6) is 0 Å². The molecule has 0 heterocycles. The van der Waals surface area contributed by atoms with Crippen molar-refractivity contribution < 1.29 is 4.79 Å². The van der Waals surface area contributed by atoms with Crippen molar-refractivity contribution in [2.75, 3.05) is 0 Å². The molecule has 4 rings (SSSR count). The van der Waals surface area contributed by atoms with Crippen molar-refractivity contribution in [3.63, 3.8) is 0 Å². The van der Waals surface area contributed by atoms with E-state index in [1.54, 1.807) is 0 Å². The van der Waals surface area contributed by atoms with Gasteiger partial charge in [-0.3, -0.25) is 0 Å². The van der Waals surface area contributed by atoms with E-state index in [0.717, 1.165) is 35.5 Å². The standard InChI is InChI=1S/C20H32O.CH4/c1-13-3-6-16-14(11-13)4-7-18-17(16)9-10-20(2)15(12-21)5-8-19(18)20;/h12-19H,3-11H2,1-2H3;1H4/t13?,14-,15?,16+,17?,18-,19?,20-;/m1./s1. The van der Waals surface area contributed by atoms with Crippen LogP contribution in [0.1, 0.15) is 79.1 Å². The fourth-order valence-electron chi connectivity index (χ4n) is 7.35. The van der Waals surface area contributed by atoms with Crippen molar-refractivity contribution >= 4 is 6.29 Å². The Balaban J connectivity index is 0.00000144. The van der Waals surface area contributed by atoms with E-state index in [4.69, 9.17) is 0 Å². The van der Waals surface area contributed by atoms with Crippen LogP contribution in [-0.4, -0.2) is 6.29 Å². The average Bonchev–Trinajstić information content (AvgIpc) is 2.83. The van der Waals surface area contributed by atoms with Crippen molar-refractivity contribution in [3.8, 4) is 0 Å². The summed E-state index contributed by atoms with van der Waals surface area (Å²) in [4.78, 5) is 11.5. The van der Waals surface area contributed by atoms with Crippen LogP contribution in [0.3, 0.4) is 0 Å². The molecule has 1 nitrogen and oxygen atoms in total. The molecule has 1 heteroatoms. The van der Waals surface area contributed by atoms with Crippen molar-refractivity contribution in [3.05, 3.63) is 0 Å². The third-order valence-electron chi connectivity index (χ3n) is 8.45. The zero-order chi connectivity index (χ0) is 14.6. The summed E-state index contributed by atoms with van der Waals surface area (Å²) in [6.45, 7) is 4.92. The molecule has 0 amide bonds.